The second-order valence-electron chi connectivity index (χ2n) is 5.44. The molecule has 1 heterocycles. The first kappa shape index (κ1) is 15.3. The largest absolute Gasteiger partial charge is 0.392 e. The Morgan fingerprint density at radius 2 is 2.35 bits per heavy atom. The summed E-state index contributed by atoms with van der Waals surface area (Å²) in [6.45, 7) is 2.52. The van der Waals surface area contributed by atoms with E-state index in [0.717, 1.165) is 12.8 Å². The number of anilines is 1. The van der Waals surface area contributed by atoms with Gasteiger partial charge in [0.15, 0.2) is 0 Å². The van der Waals surface area contributed by atoms with Crippen molar-refractivity contribution in [3.8, 4) is 0 Å². The minimum atomic E-state index is -0.652. The molecule has 1 saturated carbocycles. The smallest absolute Gasteiger partial charge is 0.291 e. The van der Waals surface area contributed by atoms with Gasteiger partial charge in [-0.2, -0.15) is 5.10 Å². The molecule has 0 aliphatic heterocycles. The maximum atomic E-state index is 12.3. The molecule has 1 aliphatic rings. The van der Waals surface area contributed by atoms with Crippen LogP contribution < -0.4 is 16.6 Å². The molecular formula is C13H21ClN4O2. The third kappa shape index (κ3) is 3.50. The van der Waals surface area contributed by atoms with Crippen LogP contribution in [0.25, 0.3) is 0 Å². The molecule has 0 radical (unpaired) electrons. The predicted molar refractivity (Wildman–Crippen MR) is 79.0 cm³/mol. The Balaban J connectivity index is 2.10. The summed E-state index contributed by atoms with van der Waals surface area (Å²) in [6.07, 6.45) is 4.33. The Bertz CT molecular complexity index is 514. The number of hydrogen-bond donors (Lipinski definition) is 3. The Hall–Kier alpha value is -1.11. The van der Waals surface area contributed by atoms with E-state index >= 15 is 0 Å². The van der Waals surface area contributed by atoms with Crippen LogP contribution in [0.3, 0.4) is 0 Å². The van der Waals surface area contributed by atoms with E-state index in [2.05, 4.69) is 10.4 Å². The maximum Gasteiger partial charge on any atom is 0.291 e. The van der Waals surface area contributed by atoms with Crippen molar-refractivity contribution < 1.29 is 5.11 Å². The summed E-state index contributed by atoms with van der Waals surface area (Å²) in [5, 5.41) is 16.6. The van der Waals surface area contributed by atoms with Crippen LogP contribution in [0, 0.1) is 5.92 Å². The number of hydrogen-bond acceptors (Lipinski definition) is 5. The van der Waals surface area contributed by atoms with Gasteiger partial charge in [0.25, 0.3) is 5.56 Å². The summed E-state index contributed by atoms with van der Waals surface area (Å²) < 4.78 is 1.45. The second-order valence-corrected chi connectivity index (χ2v) is 5.84. The number of nitrogens with two attached hydrogens (primary N) is 1. The topological polar surface area (TPSA) is 93.2 Å². The van der Waals surface area contributed by atoms with Crippen molar-refractivity contribution in [1.29, 1.82) is 0 Å². The fourth-order valence-corrected chi connectivity index (χ4v) is 2.26. The summed E-state index contributed by atoms with van der Waals surface area (Å²) in [4.78, 5) is 12.3. The lowest BCUT2D eigenvalue weighted by Crippen LogP contribution is -2.40. The molecule has 2 unspecified atom stereocenters. The third-order valence-electron chi connectivity index (χ3n) is 3.79. The number of aliphatic hydroxyl groups is 1. The van der Waals surface area contributed by atoms with Gasteiger partial charge in [0.05, 0.1) is 17.3 Å². The fraction of sp³-hybridized carbons (Fsp3) is 0.692. The first-order valence-corrected chi connectivity index (χ1v) is 7.30. The SMILES string of the molecule is CC(O)C(N)CNc1c(Cl)cnn(CC2CCC2)c1=O. The van der Waals surface area contributed by atoms with Crippen molar-refractivity contribution in [3.05, 3.63) is 21.6 Å². The van der Waals surface area contributed by atoms with Crippen molar-refractivity contribution in [2.24, 2.45) is 11.7 Å². The quantitative estimate of drug-likeness (QED) is 0.723. The first-order chi connectivity index (χ1) is 9.49. The average Bonchev–Trinajstić information content (AvgIpc) is 2.35. The van der Waals surface area contributed by atoms with Gasteiger partial charge in [0.1, 0.15) is 5.69 Å². The normalized spacial score (nSPS) is 18.4. The third-order valence-corrected chi connectivity index (χ3v) is 4.07. The van der Waals surface area contributed by atoms with Gasteiger partial charge in [-0.3, -0.25) is 4.79 Å². The highest BCUT2D eigenvalue weighted by atomic mass is 35.5. The van der Waals surface area contributed by atoms with Crippen molar-refractivity contribution in [2.45, 2.75) is 44.9 Å². The molecular weight excluding hydrogens is 280 g/mol. The number of aromatic nitrogens is 2. The monoisotopic (exact) mass is 300 g/mol. The lowest BCUT2D eigenvalue weighted by Gasteiger charge is -2.25. The molecule has 0 spiro atoms. The summed E-state index contributed by atoms with van der Waals surface area (Å²) in [6, 6.07) is -0.460. The molecule has 6 nitrogen and oxygen atoms in total. The van der Waals surface area contributed by atoms with Crippen LogP contribution in [0.2, 0.25) is 5.02 Å². The summed E-state index contributed by atoms with van der Waals surface area (Å²) in [5.74, 6) is 0.536. The molecule has 0 amide bonds. The Morgan fingerprint density at radius 1 is 1.65 bits per heavy atom. The number of nitrogens with zero attached hydrogens (tertiary/aromatic N) is 2. The standard InChI is InChI=1S/C13H21ClN4O2/c1-8(19)11(15)6-16-12-10(14)5-17-18(13(12)20)7-9-3-2-4-9/h5,8-9,11,16,19H,2-4,6-7,15H2,1H3. The van der Waals surface area contributed by atoms with E-state index in [1.165, 1.54) is 17.3 Å². The van der Waals surface area contributed by atoms with E-state index < -0.39 is 12.1 Å². The van der Waals surface area contributed by atoms with Crippen LogP contribution in [-0.2, 0) is 6.54 Å². The molecule has 112 valence electrons. The molecule has 0 aromatic carbocycles. The molecule has 0 saturated heterocycles. The Kier molecular flexibility index (Phi) is 5.01. The lowest BCUT2D eigenvalue weighted by molar-refractivity contribution is 0.168. The van der Waals surface area contributed by atoms with Gasteiger partial charge in [0.2, 0.25) is 0 Å². The Morgan fingerprint density at radius 3 is 2.90 bits per heavy atom. The van der Waals surface area contributed by atoms with Gasteiger partial charge in [0, 0.05) is 19.1 Å². The molecule has 0 bridgehead atoms. The minimum absolute atomic E-state index is 0.234. The molecule has 1 fully saturated rings. The molecule has 1 aliphatic carbocycles. The molecule has 2 atom stereocenters. The average molecular weight is 301 g/mol. The number of rotatable bonds is 6. The van der Waals surface area contributed by atoms with Crippen molar-refractivity contribution >= 4 is 17.3 Å². The van der Waals surface area contributed by atoms with Crippen LogP contribution in [0.1, 0.15) is 26.2 Å². The zero-order valence-corrected chi connectivity index (χ0v) is 12.3. The van der Waals surface area contributed by atoms with E-state index in [0.29, 0.717) is 18.2 Å². The van der Waals surface area contributed by atoms with E-state index in [-0.39, 0.29) is 17.1 Å². The van der Waals surface area contributed by atoms with Crippen LogP contribution in [0.5, 0.6) is 0 Å². The number of aliphatic hydroxyl groups excluding tert-OH is 1. The molecule has 2 rings (SSSR count). The minimum Gasteiger partial charge on any atom is -0.392 e. The number of halogens is 1. The maximum absolute atomic E-state index is 12.3. The lowest BCUT2D eigenvalue weighted by atomic mass is 9.85. The van der Waals surface area contributed by atoms with Crippen molar-refractivity contribution in [2.75, 3.05) is 11.9 Å². The van der Waals surface area contributed by atoms with Crippen molar-refractivity contribution in [1.82, 2.24) is 9.78 Å². The second kappa shape index (κ2) is 6.56. The van der Waals surface area contributed by atoms with Crippen LogP contribution in [0.15, 0.2) is 11.0 Å². The van der Waals surface area contributed by atoms with E-state index in [4.69, 9.17) is 17.3 Å². The molecule has 1 aromatic heterocycles. The van der Waals surface area contributed by atoms with Gasteiger partial charge in [-0.1, -0.05) is 18.0 Å². The molecule has 7 heteroatoms. The highest BCUT2D eigenvalue weighted by Gasteiger charge is 2.20. The summed E-state index contributed by atoms with van der Waals surface area (Å²) in [7, 11) is 0. The highest BCUT2D eigenvalue weighted by molar-refractivity contribution is 6.32. The number of nitrogens with one attached hydrogen (secondary N) is 1. The zero-order valence-electron chi connectivity index (χ0n) is 11.6. The van der Waals surface area contributed by atoms with Gasteiger partial charge in [-0.15, -0.1) is 0 Å². The van der Waals surface area contributed by atoms with Gasteiger partial charge in [-0.25, -0.2) is 4.68 Å². The van der Waals surface area contributed by atoms with E-state index in [1.54, 1.807) is 6.92 Å². The van der Waals surface area contributed by atoms with E-state index in [1.807, 2.05) is 0 Å². The van der Waals surface area contributed by atoms with Crippen LogP contribution >= 0.6 is 11.6 Å². The molecule has 1 aromatic rings. The fourth-order valence-electron chi connectivity index (χ4n) is 2.07. The predicted octanol–water partition coefficient (Wildman–Crippen LogP) is 0.817. The van der Waals surface area contributed by atoms with Crippen molar-refractivity contribution in [3.63, 3.8) is 0 Å². The summed E-state index contributed by atoms with van der Waals surface area (Å²) in [5.41, 5.74) is 5.80. The highest BCUT2D eigenvalue weighted by Crippen LogP contribution is 2.27. The van der Waals surface area contributed by atoms with Gasteiger partial charge < -0.3 is 16.2 Å². The van der Waals surface area contributed by atoms with Gasteiger partial charge in [-0.05, 0) is 25.7 Å². The van der Waals surface area contributed by atoms with Gasteiger partial charge >= 0.3 is 0 Å². The van der Waals surface area contributed by atoms with Crippen LogP contribution in [-0.4, -0.2) is 33.6 Å². The first-order valence-electron chi connectivity index (χ1n) is 6.92. The summed E-state index contributed by atoms with van der Waals surface area (Å²) >= 11 is 6.01. The Labute approximate surface area is 122 Å². The molecule has 20 heavy (non-hydrogen) atoms. The molecule has 4 N–H and O–H groups in total. The van der Waals surface area contributed by atoms with Crippen LogP contribution in [0.4, 0.5) is 5.69 Å². The van der Waals surface area contributed by atoms with E-state index in [9.17, 15) is 9.90 Å². The zero-order chi connectivity index (χ0) is 14.7.